The van der Waals surface area contributed by atoms with Crippen molar-refractivity contribution in [3.8, 4) is 5.75 Å². The Labute approximate surface area is 135 Å². The second-order valence-corrected chi connectivity index (χ2v) is 7.58. The number of rotatable bonds is 5. The summed E-state index contributed by atoms with van der Waals surface area (Å²) in [6.45, 7) is 11.0. The highest BCUT2D eigenvalue weighted by molar-refractivity contribution is 5.31. The number of aliphatic hydroxyl groups is 1. The molecule has 3 nitrogen and oxygen atoms in total. The topological polar surface area (TPSA) is 32.7 Å². The van der Waals surface area contributed by atoms with Gasteiger partial charge in [0.2, 0.25) is 0 Å². The first kappa shape index (κ1) is 17.3. The second-order valence-electron chi connectivity index (χ2n) is 7.58. The van der Waals surface area contributed by atoms with Crippen LogP contribution >= 0.6 is 0 Å². The number of likely N-dealkylation sites (tertiary alicyclic amines) is 1. The van der Waals surface area contributed by atoms with Crippen molar-refractivity contribution in [3.63, 3.8) is 0 Å². The van der Waals surface area contributed by atoms with E-state index in [2.05, 4.69) is 44.7 Å². The van der Waals surface area contributed by atoms with Gasteiger partial charge in [-0.1, -0.05) is 39.3 Å². The van der Waals surface area contributed by atoms with Crippen molar-refractivity contribution in [1.29, 1.82) is 0 Å². The summed E-state index contributed by atoms with van der Waals surface area (Å²) in [5.74, 6) is 0.832. The minimum Gasteiger partial charge on any atom is -0.491 e. The summed E-state index contributed by atoms with van der Waals surface area (Å²) in [4.78, 5) is 2.38. The number of β-amino-alcohol motifs (C(OH)–C–C–N with tert-alkyl or cyclic N) is 1. The lowest BCUT2D eigenvalue weighted by Crippen LogP contribution is -2.43. The van der Waals surface area contributed by atoms with Crippen molar-refractivity contribution < 1.29 is 9.84 Å². The van der Waals surface area contributed by atoms with Gasteiger partial charge in [-0.05, 0) is 49.4 Å². The van der Waals surface area contributed by atoms with Gasteiger partial charge in [0.25, 0.3) is 0 Å². The summed E-state index contributed by atoms with van der Waals surface area (Å²) in [7, 11) is 0. The first-order valence-corrected chi connectivity index (χ1v) is 8.52. The van der Waals surface area contributed by atoms with Crippen LogP contribution < -0.4 is 4.74 Å². The Morgan fingerprint density at radius 3 is 2.50 bits per heavy atom. The zero-order valence-corrected chi connectivity index (χ0v) is 14.5. The van der Waals surface area contributed by atoms with Gasteiger partial charge in [0.1, 0.15) is 18.5 Å². The lowest BCUT2D eigenvalue weighted by molar-refractivity contribution is 0.0438. The molecule has 0 spiro atoms. The highest BCUT2D eigenvalue weighted by atomic mass is 16.5. The molecule has 22 heavy (non-hydrogen) atoms. The molecule has 1 N–H and O–H groups in total. The highest BCUT2D eigenvalue weighted by Gasteiger charge is 2.21. The van der Waals surface area contributed by atoms with Gasteiger partial charge in [-0.2, -0.15) is 0 Å². The lowest BCUT2D eigenvalue weighted by Gasteiger charge is -2.34. The molecule has 1 aromatic rings. The average Bonchev–Trinajstić information content (AvgIpc) is 2.47. The number of ether oxygens (including phenoxy) is 1. The predicted octanol–water partition coefficient (Wildman–Crippen LogP) is 3.60. The molecule has 0 aromatic heterocycles. The van der Waals surface area contributed by atoms with E-state index < -0.39 is 6.10 Å². The quantitative estimate of drug-likeness (QED) is 0.902. The van der Waals surface area contributed by atoms with Crippen LogP contribution in [0.3, 0.4) is 0 Å². The van der Waals surface area contributed by atoms with Crippen molar-refractivity contribution in [2.24, 2.45) is 0 Å². The van der Waals surface area contributed by atoms with Gasteiger partial charge in [-0.15, -0.1) is 0 Å². The standard InChI is InChI=1S/C19H31NO2/c1-15-7-5-6-12-20(15)13-17(21)14-22-18-10-8-16(9-11-18)19(2,3)4/h8-11,15,17,21H,5-7,12-14H2,1-4H3. The first-order valence-electron chi connectivity index (χ1n) is 8.52. The Bertz CT molecular complexity index is 449. The van der Waals surface area contributed by atoms with E-state index in [9.17, 15) is 5.11 Å². The van der Waals surface area contributed by atoms with E-state index in [1.54, 1.807) is 0 Å². The minimum atomic E-state index is -0.428. The molecule has 2 rings (SSSR count). The molecule has 0 saturated carbocycles. The Hall–Kier alpha value is -1.06. The van der Waals surface area contributed by atoms with E-state index in [0.29, 0.717) is 19.2 Å². The highest BCUT2D eigenvalue weighted by Crippen LogP contribution is 2.24. The zero-order valence-electron chi connectivity index (χ0n) is 14.5. The first-order chi connectivity index (χ1) is 10.4. The fraction of sp³-hybridized carbons (Fsp3) is 0.684. The number of piperidine rings is 1. The summed E-state index contributed by atoms with van der Waals surface area (Å²) >= 11 is 0. The monoisotopic (exact) mass is 305 g/mol. The molecule has 0 aliphatic carbocycles. The number of aliphatic hydroxyl groups excluding tert-OH is 1. The molecule has 1 heterocycles. The largest absolute Gasteiger partial charge is 0.491 e. The molecular weight excluding hydrogens is 274 g/mol. The summed E-state index contributed by atoms with van der Waals surface area (Å²) in [5.41, 5.74) is 1.45. The Balaban J connectivity index is 1.79. The smallest absolute Gasteiger partial charge is 0.119 e. The summed E-state index contributed by atoms with van der Waals surface area (Å²) in [5, 5.41) is 10.2. The maximum Gasteiger partial charge on any atom is 0.119 e. The number of nitrogens with zero attached hydrogens (tertiary/aromatic N) is 1. The second kappa shape index (κ2) is 7.47. The number of benzene rings is 1. The molecule has 1 saturated heterocycles. The fourth-order valence-corrected chi connectivity index (χ4v) is 3.00. The van der Waals surface area contributed by atoms with Crippen molar-refractivity contribution in [3.05, 3.63) is 29.8 Å². The summed E-state index contributed by atoms with van der Waals surface area (Å²) in [6.07, 6.45) is 3.36. The molecule has 0 bridgehead atoms. The van der Waals surface area contributed by atoms with Gasteiger partial charge in [0.15, 0.2) is 0 Å². The molecule has 0 radical (unpaired) electrons. The van der Waals surface area contributed by atoms with E-state index in [4.69, 9.17) is 4.74 Å². The molecule has 2 unspecified atom stereocenters. The third-order valence-corrected chi connectivity index (χ3v) is 4.55. The van der Waals surface area contributed by atoms with Crippen LogP contribution in [0.4, 0.5) is 0 Å². The van der Waals surface area contributed by atoms with Crippen LogP contribution in [0.25, 0.3) is 0 Å². The van der Waals surface area contributed by atoms with Crippen LogP contribution in [-0.4, -0.2) is 41.8 Å². The van der Waals surface area contributed by atoms with Crippen LogP contribution in [0.5, 0.6) is 5.75 Å². The lowest BCUT2D eigenvalue weighted by atomic mass is 9.87. The van der Waals surface area contributed by atoms with Crippen LogP contribution in [0.2, 0.25) is 0 Å². The molecule has 124 valence electrons. The third kappa shape index (κ3) is 4.99. The minimum absolute atomic E-state index is 0.155. The number of hydrogen-bond donors (Lipinski definition) is 1. The Kier molecular flexibility index (Phi) is 5.87. The molecule has 1 aliphatic rings. The predicted molar refractivity (Wildman–Crippen MR) is 91.5 cm³/mol. The SMILES string of the molecule is CC1CCCCN1CC(O)COc1ccc(C(C)(C)C)cc1. The molecule has 1 aliphatic heterocycles. The molecule has 1 aromatic carbocycles. The van der Waals surface area contributed by atoms with Crippen molar-refractivity contribution >= 4 is 0 Å². The Morgan fingerprint density at radius 2 is 1.91 bits per heavy atom. The van der Waals surface area contributed by atoms with Crippen molar-refractivity contribution in [2.75, 3.05) is 19.7 Å². The van der Waals surface area contributed by atoms with E-state index in [1.807, 2.05) is 12.1 Å². The third-order valence-electron chi connectivity index (χ3n) is 4.55. The van der Waals surface area contributed by atoms with Gasteiger partial charge >= 0.3 is 0 Å². The van der Waals surface area contributed by atoms with Gasteiger partial charge in [0, 0.05) is 12.6 Å². The maximum absolute atomic E-state index is 10.2. The van der Waals surface area contributed by atoms with Crippen LogP contribution in [-0.2, 0) is 5.41 Å². The molecular formula is C19H31NO2. The van der Waals surface area contributed by atoms with Gasteiger partial charge in [0.05, 0.1) is 0 Å². The average molecular weight is 305 g/mol. The fourth-order valence-electron chi connectivity index (χ4n) is 3.00. The van der Waals surface area contributed by atoms with Gasteiger partial charge in [-0.25, -0.2) is 0 Å². The van der Waals surface area contributed by atoms with Gasteiger partial charge in [-0.3, -0.25) is 4.90 Å². The van der Waals surface area contributed by atoms with Crippen molar-refractivity contribution in [2.45, 2.75) is 64.5 Å². The molecule has 0 amide bonds. The van der Waals surface area contributed by atoms with Crippen LogP contribution in [0.15, 0.2) is 24.3 Å². The Morgan fingerprint density at radius 1 is 1.23 bits per heavy atom. The summed E-state index contributed by atoms with van der Waals surface area (Å²) < 4.78 is 5.74. The molecule has 3 heteroatoms. The maximum atomic E-state index is 10.2. The van der Waals surface area contributed by atoms with E-state index in [1.165, 1.54) is 24.8 Å². The van der Waals surface area contributed by atoms with Gasteiger partial charge < -0.3 is 9.84 Å². The van der Waals surface area contributed by atoms with Crippen LogP contribution in [0.1, 0.15) is 52.5 Å². The van der Waals surface area contributed by atoms with E-state index in [-0.39, 0.29) is 5.41 Å². The normalized spacial score (nSPS) is 21.6. The van der Waals surface area contributed by atoms with Crippen molar-refractivity contribution in [1.82, 2.24) is 4.90 Å². The van der Waals surface area contributed by atoms with E-state index in [0.717, 1.165) is 12.3 Å². The summed E-state index contributed by atoms with van der Waals surface area (Å²) in [6, 6.07) is 8.78. The zero-order chi connectivity index (χ0) is 16.2. The van der Waals surface area contributed by atoms with E-state index >= 15 is 0 Å². The number of hydrogen-bond acceptors (Lipinski definition) is 3. The molecule has 2 atom stereocenters. The van der Waals surface area contributed by atoms with Crippen LogP contribution in [0, 0.1) is 0 Å². The molecule has 1 fully saturated rings.